The van der Waals surface area contributed by atoms with Crippen LogP contribution < -0.4 is 5.32 Å². The Morgan fingerprint density at radius 3 is 2.50 bits per heavy atom. The monoisotopic (exact) mass is 369 g/mol. The Morgan fingerprint density at radius 2 is 1.79 bits per heavy atom. The number of hydrogen-bond acceptors (Lipinski definition) is 5. The fourth-order valence-corrected chi connectivity index (χ4v) is 2.83. The maximum absolute atomic E-state index is 12.9. The molecule has 0 aliphatic heterocycles. The fourth-order valence-electron chi connectivity index (χ4n) is 2.83. The zero-order valence-electron chi connectivity index (χ0n) is 14.9. The summed E-state index contributed by atoms with van der Waals surface area (Å²) in [5.74, 6) is 0.545. The van der Waals surface area contributed by atoms with Crippen molar-refractivity contribution >= 4 is 11.7 Å². The van der Waals surface area contributed by atoms with Crippen LogP contribution in [0.5, 0.6) is 0 Å². The van der Waals surface area contributed by atoms with E-state index in [2.05, 4.69) is 26.6 Å². The number of rotatable bonds is 4. The van der Waals surface area contributed by atoms with E-state index in [0.29, 0.717) is 22.9 Å². The van der Waals surface area contributed by atoms with Crippen LogP contribution >= 0.6 is 0 Å². The van der Waals surface area contributed by atoms with Gasteiger partial charge in [-0.2, -0.15) is 15.5 Å². The lowest BCUT2D eigenvalue weighted by Gasteiger charge is -2.09. The molecule has 3 aromatic heterocycles. The van der Waals surface area contributed by atoms with Crippen molar-refractivity contribution in [2.24, 2.45) is 0 Å². The number of hydrogen-bond donors (Lipinski definition) is 1. The summed E-state index contributed by atoms with van der Waals surface area (Å²) in [4.78, 5) is 17.1. The van der Waals surface area contributed by atoms with Gasteiger partial charge in [0, 0.05) is 6.20 Å². The Balaban J connectivity index is 1.68. The molecule has 1 N–H and O–H groups in total. The normalized spacial score (nSPS) is 10.4. The zero-order valence-corrected chi connectivity index (χ0v) is 14.9. The minimum Gasteiger partial charge on any atom is -0.305 e. The van der Waals surface area contributed by atoms with Crippen molar-refractivity contribution in [1.29, 1.82) is 5.26 Å². The molecule has 0 unspecified atom stereocenters. The predicted molar refractivity (Wildman–Crippen MR) is 102 cm³/mol. The maximum Gasteiger partial charge on any atom is 0.260 e. The molecule has 0 bridgehead atoms. The lowest BCUT2D eigenvalue weighted by molar-refractivity contribution is 0.102. The summed E-state index contributed by atoms with van der Waals surface area (Å²) in [6.45, 7) is 1.79. The Morgan fingerprint density at radius 1 is 1.04 bits per heavy atom. The van der Waals surface area contributed by atoms with Crippen LogP contribution in [0.25, 0.3) is 11.5 Å². The molecular weight excluding hydrogens is 354 g/mol. The summed E-state index contributed by atoms with van der Waals surface area (Å²) >= 11 is 0. The van der Waals surface area contributed by atoms with Crippen molar-refractivity contribution in [2.45, 2.75) is 6.92 Å². The molecule has 4 aromatic rings. The number of para-hydroxylation sites is 1. The fraction of sp³-hybridized carbons (Fsp3) is 0.0500. The lowest BCUT2D eigenvalue weighted by Crippen LogP contribution is -2.17. The van der Waals surface area contributed by atoms with Gasteiger partial charge in [-0.3, -0.25) is 4.79 Å². The van der Waals surface area contributed by atoms with Crippen LogP contribution in [0.1, 0.15) is 21.6 Å². The first-order chi connectivity index (χ1) is 13.7. The average Bonchev–Trinajstić information content (AvgIpc) is 3.32. The predicted octanol–water partition coefficient (Wildman–Crippen LogP) is 2.89. The summed E-state index contributed by atoms with van der Waals surface area (Å²) in [7, 11) is 0. The SMILES string of the molecule is Cc1c(C(=O)Nc2c(C#N)cnn2-c2ccccc2)cnn1-c1ccccn1. The molecule has 28 heavy (non-hydrogen) atoms. The Bertz CT molecular complexity index is 1170. The number of nitrogens with one attached hydrogen (secondary N) is 1. The van der Waals surface area contributed by atoms with Crippen LogP contribution in [0.15, 0.2) is 67.1 Å². The molecule has 0 atom stereocenters. The number of pyridine rings is 1. The third-order valence-electron chi connectivity index (χ3n) is 4.24. The van der Waals surface area contributed by atoms with Gasteiger partial charge in [-0.1, -0.05) is 24.3 Å². The highest BCUT2D eigenvalue weighted by Crippen LogP contribution is 2.21. The number of benzene rings is 1. The molecule has 3 heterocycles. The van der Waals surface area contributed by atoms with Crippen molar-refractivity contribution in [3.8, 4) is 17.6 Å². The zero-order chi connectivity index (χ0) is 19.5. The Hall–Kier alpha value is -4.25. The molecule has 1 amide bonds. The van der Waals surface area contributed by atoms with Gasteiger partial charge in [-0.25, -0.2) is 14.3 Å². The number of aromatic nitrogens is 5. The van der Waals surface area contributed by atoms with Gasteiger partial charge < -0.3 is 5.32 Å². The molecule has 0 saturated carbocycles. The average molecular weight is 369 g/mol. The summed E-state index contributed by atoms with van der Waals surface area (Å²) in [5, 5.41) is 20.7. The quantitative estimate of drug-likeness (QED) is 0.596. The molecule has 0 radical (unpaired) electrons. The summed E-state index contributed by atoms with van der Waals surface area (Å²) < 4.78 is 3.11. The molecule has 0 aliphatic carbocycles. The Kier molecular flexibility index (Phi) is 4.40. The molecule has 4 rings (SSSR count). The molecule has 1 aromatic carbocycles. The van der Waals surface area contributed by atoms with Gasteiger partial charge in [0.15, 0.2) is 11.6 Å². The number of anilines is 1. The molecule has 8 heteroatoms. The van der Waals surface area contributed by atoms with E-state index in [0.717, 1.165) is 5.69 Å². The van der Waals surface area contributed by atoms with Crippen molar-refractivity contribution in [3.05, 3.63) is 83.9 Å². The van der Waals surface area contributed by atoms with Gasteiger partial charge in [0.05, 0.1) is 29.3 Å². The smallest absolute Gasteiger partial charge is 0.260 e. The minimum absolute atomic E-state index is 0.270. The first-order valence-corrected chi connectivity index (χ1v) is 8.50. The molecule has 0 spiro atoms. The summed E-state index contributed by atoms with van der Waals surface area (Å²) in [6.07, 6.45) is 4.56. The third kappa shape index (κ3) is 3.01. The van der Waals surface area contributed by atoms with Gasteiger partial charge >= 0.3 is 0 Å². The van der Waals surface area contributed by atoms with Gasteiger partial charge in [0.25, 0.3) is 5.91 Å². The molecule has 0 aliphatic rings. The third-order valence-corrected chi connectivity index (χ3v) is 4.24. The van der Waals surface area contributed by atoms with E-state index in [1.807, 2.05) is 42.5 Å². The molecule has 8 nitrogen and oxygen atoms in total. The van der Waals surface area contributed by atoms with E-state index in [1.165, 1.54) is 17.1 Å². The highest BCUT2D eigenvalue weighted by Gasteiger charge is 2.20. The number of carbonyl (C=O) groups excluding carboxylic acids is 1. The summed E-state index contributed by atoms with van der Waals surface area (Å²) in [6, 6.07) is 16.8. The van der Waals surface area contributed by atoms with Crippen molar-refractivity contribution in [2.75, 3.05) is 5.32 Å². The number of carbonyl (C=O) groups is 1. The van der Waals surface area contributed by atoms with E-state index in [9.17, 15) is 10.1 Å². The number of nitrogens with zero attached hydrogens (tertiary/aromatic N) is 6. The van der Waals surface area contributed by atoms with Gasteiger partial charge in [-0.15, -0.1) is 0 Å². The van der Waals surface area contributed by atoms with Gasteiger partial charge in [0.2, 0.25) is 0 Å². The van der Waals surface area contributed by atoms with E-state index in [-0.39, 0.29) is 11.5 Å². The molecule has 136 valence electrons. The van der Waals surface area contributed by atoms with Crippen LogP contribution in [0, 0.1) is 18.3 Å². The Labute approximate surface area is 160 Å². The molecular formula is C20H15N7O. The van der Waals surface area contributed by atoms with Crippen LogP contribution in [-0.4, -0.2) is 30.5 Å². The van der Waals surface area contributed by atoms with Crippen LogP contribution in [0.4, 0.5) is 5.82 Å². The summed E-state index contributed by atoms with van der Waals surface area (Å²) in [5.41, 5.74) is 2.03. The van der Waals surface area contributed by atoms with Crippen LogP contribution in [0.2, 0.25) is 0 Å². The second-order valence-electron chi connectivity index (χ2n) is 5.96. The van der Waals surface area contributed by atoms with Crippen LogP contribution in [-0.2, 0) is 0 Å². The minimum atomic E-state index is -0.381. The highest BCUT2D eigenvalue weighted by molar-refractivity contribution is 6.05. The van der Waals surface area contributed by atoms with E-state index in [4.69, 9.17) is 0 Å². The second kappa shape index (κ2) is 7.17. The standard InChI is InChI=1S/C20H15N7O/c1-14-17(13-24-26(14)18-9-5-6-10-22-18)20(28)25-19-15(11-21)12-23-27(19)16-7-3-2-4-8-16/h2-10,12-13H,1H3,(H,25,28). The number of nitriles is 1. The maximum atomic E-state index is 12.9. The van der Waals surface area contributed by atoms with Crippen molar-refractivity contribution in [3.63, 3.8) is 0 Å². The largest absolute Gasteiger partial charge is 0.305 e. The van der Waals surface area contributed by atoms with Gasteiger partial charge in [0.1, 0.15) is 11.6 Å². The first-order valence-electron chi connectivity index (χ1n) is 8.50. The second-order valence-corrected chi connectivity index (χ2v) is 5.96. The van der Waals surface area contributed by atoms with Crippen molar-refractivity contribution in [1.82, 2.24) is 24.5 Å². The highest BCUT2D eigenvalue weighted by atomic mass is 16.1. The number of amides is 1. The van der Waals surface area contributed by atoms with E-state index >= 15 is 0 Å². The van der Waals surface area contributed by atoms with E-state index in [1.54, 1.807) is 23.9 Å². The molecule has 0 fully saturated rings. The first kappa shape index (κ1) is 17.2. The molecule has 0 saturated heterocycles. The van der Waals surface area contributed by atoms with Crippen molar-refractivity contribution < 1.29 is 4.79 Å². The van der Waals surface area contributed by atoms with E-state index < -0.39 is 0 Å². The van der Waals surface area contributed by atoms with Gasteiger partial charge in [-0.05, 0) is 31.2 Å². The van der Waals surface area contributed by atoms with Crippen LogP contribution in [0.3, 0.4) is 0 Å². The topological polar surface area (TPSA) is 101 Å². The lowest BCUT2D eigenvalue weighted by atomic mass is 10.2.